The Kier molecular flexibility index (Phi) is 17.5. The predicted octanol–water partition coefficient (Wildman–Crippen LogP) is 2.62. The predicted molar refractivity (Wildman–Crippen MR) is 247 cm³/mol. The first-order valence-corrected chi connectivity index (χ1v) is 23.9. The smallest absolute Gasteiger partial charge is 0.247 e. The number of likely N-dealkylation sites (N-methyl/N-ethyl adjacent to an activating group) is 2. The number of fused-ring (bicyclic) bond motifs is 2. The average Bonchev–Trinajstić information content (AvgIpc) is 3.91. The zero-order valence-corrected chi connectivity index (χ0v) is 38.9. The van der Waals surface area contributed by atoms with Gasteiger partial charge in [-0.3, -0.25) is 33.6 Å². The standard InChI is InChI=1S/C49H71N9O7/c1-32-22-23-37-26-28-55(30-39(48(64)57(32)37)52-45(61)33(2)50-4)42(59)20-14-6-7-15-21-43(60)56-29-27-38-24-25-41(58(38)49(65)40(31-56)53-46(62)34(3)51-5)47(63)54-44(35-16-10-8-11-17-35)36-18-12-9-13-19-36/h8-13,16-19,32-34,37-41,44,50-51H,6-7,14-15,20-31H2,1-5H3,(H,52,61)(H,53,62)(H,54,63)/t32-,33+,34+,37-,38-,39+,40+,41+/m1/s1. The van der Waals surface area contributed by atoms with E-state index in [9.17, 15) is 33.6 Å². The minimum absolute atomic E-state index is 0.00621. The Morgan fingerprint density at radius 1 is 0.600 bits per heavy atom. The van der Waals surface area contributed by atoms with Crippen molar-refractivity contribution in [1.82, 2.24) is 46.2 Å². The molecule has 4 heterocycles. The fourth-order valence-electron chi connectivity index (χ4n) is 9.89. The van der Waals surface area contributed by atoms with Crippen LogP contribution in [-0.2, 0) is 33.6 Å². The molecule has 4 saturated heterocycles. The van der Waals surface area contributed by atoms with Crippen molar-refractivity contribution in [2.45, 2.75) is 152 Å². The molecule has 0 spiro atoms. The molecule has 0 bridgehead atoms. The van der Waals surface area contributed by atoms with Gasteiger partial charge >= 0.3 is 0 Å². The third kappa shape index (κ3) is 12.3. The molecule has 0 unspecified atom stereocenters. The molecular weight excluding hydrogens is 827 g/mol. The summed E-state index contributed by atoms with van der Waals surface area (Å²) in [5, 5.41) is 14.9. The van der Waals surface area contributed by atoms with Crippen molar-refractivity contribution in [2.24, 2.45) is 0 Å². The monoisotopic (exact) mass is 898 g/mol. The first-order valence-electron chi connectivity index (χ1n) is 23.9. The molecule has 16 nitrogen and oxygen atoms in total. The van der Waals surface area contributed by atoms with Gasteiger partial charge in [0.2, 0.25) is 41.4 Å². The van der Waals surface area contributed by atoms with Crippen LogP contribution in [0.5, 0.6) is 0 Å². The normalized spacial score (nSPS) is 24.5. The number of benzene rings is 2. The van der Waals surface area contributed by atoms with Crippen molar-refractivity contribution < 1.29 is 33.6 Å². The Morgan fingerprint density at radius 3 is 1.52 bits per heavy atom. The number of rotatable bonds is 17. The number of nitrogens with one attached hydrogen (secondary N) is 5. The molecule has 4 aliphatic rings. The van der Waals surface area contributed by atoms with Crippen LogP contribution in [0.4, 0.5) is 0 Å². The molecule has 4 aliphatic heterocycles. The van der Waals surface area contributed by atoms with Crippen LogP contribution in [0.15, 0.2) is 60.7 Å². The minimum Gasteiger partial charge on any atom is -0.343 e. The maximum atomic E-state index is 14.6. The number of amides is 7. The molecule has 65 heavy (non-hydrogen) atoms. The van der Waals surface area contributed by atoms with E-state index in [0.717, 1.165) is 36.8 Å². The summed E-state index contributed by atoms with van der Waals surface area (Å²) in [5.41, 5.74) is 1.84. The highest BCUT2D eigenvalue weighted by Crippen LogP contribution is 2.32. The summed E-state index contributed by atoms with van der Waals surface area (Å²) in [5.74, 6) is -1.58. The van der Waals surface area contributed by atoms with Gasteiger partial charge in [0.25, 0.3) is 0 Å². The summed E-state index contributed by atoms with van der Waals surface area (Å²) in [6, 6.07) is 15.2. The molecule has 6 rings (SSSR count). The first-order chi connectivity index (χ1) is 31.3. The largest absolute Gasteiger partial charge is 0.343 e. The molecule has 5 N–H and O–H groups in total. The lowest BCUT2D eigenvalue weighted by Gasteiger charge is -2.39. The molecule has 0 aromatic heterocycles. The number of carbonyl (C=O) groups excluding carboxylic acids is 7. The summed E-state index contributed by atoms with van der Waals surface area (Å²) < 4.78 is 0. The van der Waals surface area contributed by atoms with E-state index in [1.54, 1.807) is 42.6 Å². The van der Waals surface area contributed by atoms with Gasteiger partial charge in [0.15, 0.2) is 0 Å². The second-order valence-electron chi connectivity index (χ2n) is 18.4. The van der Waals surface area contributed by atoms with Gasteiger partial charge in [0.1, 0.15) is 18.1 Å². The minimum atomic E-state index is -1.04. The van der Waals surface area contributed by atoms with E-state index >= 15 is 0 Å². The fraction of sp³-hybridized carbons (Fsp3) is 0.612. The highest BCUT2D eigenvalue weighted by Gasteiger charge is 2.46. The van der Waals surface area contributed by atoms with Gasteiger partial charge in [0.05, 0.1) is 18.1 Å². The number of nitrogens with zero attached hydrogens (tertiary/aromatic N) is 4. The summed E-state index contributed by atoms with van der Waals surface area (Å²) >= 11 is 0. The van der Waals surface area contributed by atoms with Gasteiger partial charge < -0.3 is 46.2 Å². The number of carbonyl (C=O) groups is 7. The molecule has 16 heteroatoms. The Hall–Kier alpha value is -5.35. The van der Waals surface area contributed by atoms with Crippen molar-refractivity contribution >= 4 is 41.4 Å². The van der Waals surface area contributed by atoms with Crippen LogP contribution in [-0.4, -0.2) is 150 Å². The molecule has 354 valence electrons. The molecule has 0 radical (unpaired) electrons. The van der Waals surface area contributed by atoms with Crippen LogP contribution in [0.1, 0.15) is 115 Å². The molecule has 2 aromatic rings. The van der Waals surface area contributed by atoms with Crippen LogP contribution in [0.25, 0.3) is 0 Å². The van der Waals surface area contributed by atoms with Gasteiger partial charge in [-0.25, -0.2) is 0 Å². The summed E-state index contributed by atoms with van der Waals surface area (Å²) in [7, 11) is 3.35. The van der Waals surface area contributed by atoms with E-state index in [0.29, 0.717) is 58.0 Å². The highest BCUT2D eigenvalue weighted by molar-refractivity contribution is 5.95. The van der Waals surface area contributed by atoms with Gasteiger partial charge in [-0.1, -0.05) is 73.5 Å². The fourth-order valence-corrected chi connectivity index (χ4v) is 9.89. The summed E-state index contributed by atoms with van der Waals surface area (Å²) in [6.45, 7) is 6.50. The first kappa shape index (κ1) is 49.1. The van der Waals surface area contributed by atoms with Crippen LogP contribution in [0.3, 0.4) is 0 Å². The molecule has 0 aliphatic carbocycles. The van der Waals surface area contributed by atoms with Crippen LogP contribution in [0.2, 0.25) is 0 Å². The Balaban J connectivity index is 1.03. The van der Waals surface area contributed by atoms with Crippen molar-refractivity contribution in [3.63, 3.8) is 0 Å². The highest BCUT2D eigenvalue weighted by atomic mass is 16.2. The molecule has 0 saturated carbocycles. The number of unbranched alkanes of at least 4 members (excludes halogenated alkanes) is 3. The second-order valence-corrected chi connectivity index (χ2v) is 18.4. The van der Waals surface area contributed by atoms with Gasteiger partial charge in [-0.15, -0.1) is 0 Å². The maximum Gasteiger partial charge on any atom is 0.247 e. The lowest BCUT2D eigenvalue weighted by molar-refractivity contribution is -0.147. The Bertz CT molecular complexity index is 1930. The molecule has 8 atom stereocenters. The lowest BCUT2D eigenvalue weighted by atomic mass is 9.98. The van der Waals surface area contributed by atoms with Crippen molar-refractivity contribution in [3.05, 3.63) is 71.8 Å². The van der Waals surface area contributed by atoms with E-state index in [1.807, 2.05) is 72.5 Å². The third-order valence-corrected chi connectivity index (χ3v) is 14.0. The second kappa shape index (κ2) is 23.2. The van der Waals surface area contributed by atoms with E-state index in [1.165, 1.54) is 0 Å². The average molecular weight is 898 g/mol. The zero-order chi connectivity index (χ0) is 46.6. The van der Waals surface area contributed by atoms with Crippen LogP contribution < -0.4 is 26.6 Å². The van der Waals surface area contributed by atoms with E-state index in [2.05, 4.69) is 26.6 Å². The quantitative estimate of drug-likeness (QED) is 0.149. The number of hydrogen-bond acceptors (Lipinski definition) is 9. The molecule has 2 aromatic carbocycles. The van der Waals surface area contributed by atoms with E-state index in [-0.39, 0.29) is 79.0 Å². The third-order valence-electron chi connectivity index (χ3n) is 14.0. The number of hydrogen-bond donors (Lipinski definition) is 5. The SMILES string of the molecule is CN[C@@H](C)C(=O)N[C@H]1CN(C(=O)CCCCCCC(=O)N2CC[C@H]3CC[C@@H](C(=O)NC(c4ccccc4)c4ccccc4)N3C(=O)[C@@H](NC(=O)[C@H](C)NC)C2)CC[C@H]2CC[C@@H](C)N2C1=O. The Morgan fingerprint density at radius 2 is 1.05 bits per heavy atom. The molecule has 7 amide bonds. The van der Waals surface area contributed by atoms with E-state index in [4.69, 9.17) is 0 Å². The summed E-state index contributed by atoms with van der Waals surface area (Å²) in [4.78, 5) is 103. The zero-order valence-electron chi connectivity index (χ0n) is 38.9. The van der Waals surface area contributed by atoms with Crippen molar-refractivity contribution in [1.29, 1.82) is 0 Å². The van der Waals surface area contributed by atoms with Gasteiger partial charge in [-0.2, -0.15) is 0 Å². The molecular formula is C49H71N9O7. The molecule has 4 fully saturated rings. The van der Waals surface area contributed by atoms with Gasteiger partial charge in [0, 0.05) is 57.1 Å². The van der Waals surface area contributed by atoms with Gasteiger partial charge in [-0.05, 0) is 97.4 Å². The van der Waals surface area contributed by atoms with Crippen molar-refractivity contribution in [2.75, 3.05) is 40.3 Å². The Labute approximate surface area is 384 Å². The van der Waals surface area contributed by atoms with Crippen LogP contribution in [0, 0.1) is 0 Å². The van der Waals surface area contributed by atoms with Crippen LogP contribution >= 0.6 is 0 Å². The topological polar surface area (TPSA) is 193 Å². The summed E-state index contributed by atoms with van der Waals surface area (Å²) in [6.07, 6.45) is 7.28. The van der Waals surface area contributed by atoms with E-state index < -0.39 is 36.3 Å². The van der Waals surface area contributed by atoms with Crippen molar-refractivity contribution in [3.8, 4) is 0 Å². The lowest BCUT2D eigenvalue weighted by Crippen LogP contribution is -2.62. The maximum absolute atomic E-state index is 14.6.